The lowest BCUT2D eigenvalue weighted by Gasteiger charge is -2.34. The van der Waals surface area contributed by atoms with Crippen LogP contribution in [0.1, 0.15) is 75.2 Å². The van der Waals surface area contributed by atoms with Crippen LogP contribution in [0.4, 0.5) is 0 Å². The Hall–Kier alpha value is -1.07. The lowest BCUT2D eigenvalue weighted by molar-refractivity contribution is -0.170. The minimum Gasteiger partial charge on any atom is -0.360 e. The molecule has 0 radical (unpaired) electrons. The van der Waals surface area contributed by atoms with E-state index in [0.29, 0.717) is 12.8 Å². The number of hydrogen-bond acceptors (Lipinski definition) is 5. The molecule has 0 N–H and O–H groups in total. The number of carbonyl (C=O) groups excluding carboxylic acids is 3. The summed E-state index contributed by atoms with van der Waals surface area (Å²) in [6.45, 7) is 15.4. The van der Waals surface area contributed by atoms with Crippen molar-refractivity contribution in [1.82, 2.24) is 0 Å². The van der Waals surface area contributed by atoms with Crippen molar-refractivity contribution in [2.24, 2.45) is 5.41 Å². The molecule has 0 rings (SSSR count). The van der Waals surface area contributed by atoms with Gasteiger partial charge in [0.05, 0.1) is 0 Å². The third kappa shape index (κ3) is 5.78. The van der Waals surface area contributed by atoms with E-state index in [1.165, 1.54) is 6.92 Å². The smallest absolute Gasteiger partial charge is 0.192 e. The highest BCUT2D eigenvalue weighted by atomic mass is 16.5. The summed E-state index contributed by atoms with van der Waals surface area (Å²) in [5.41, 5.74) is -2.63. The van der Waals surface area contributed by atoms with Crippen LogP contribution in [0, 0.1) is 5.41 Å². The molecule has 0 heterocycles. The molecule has 0 saturated heterocycles. The number of hydrogen-bond donors (Lipinski definition) is 0. The Morgan fingerprint density at radius 3 is 1.71 bits per heavy atom. The first kappa shape index (κ1) is 22.9. The monoisotopic (exact) mass is 342 g/mol. The fourth-order valence-electron chi connectivity index (χ4n) is 2.08. The van der Waals surface area contributed by atoms with Crippen LogP contribution >= 0.6 is 0 Å². The fourth-order valence-corrected chi connectivity index (χ4v) is 2.08. The number of ketones is 3. The number of ether oxygens (including phenoxy) is 2. The van der Waals surface area contributed by atoms with E-state index in [1.54, 1.807) is 20.8 Å². The summed E-state index contributed by atoms with van der Waals surface area (Å²) >= 11 is 0. The summed E-state index contributed by atoms with van der Waals surface area (Å²) in [5, 5.41) is 0. The van der Waals surface area contributed by atoms with Gasteiger partial charge in [0.2, 0.25) is 0 Å². The molecule has 0 bridgehead atoms. The van der Waals surface area contributed by atoms with Crippen LogP contribution in [0.15, 0.2) is 0 Å². The molecule has 5 nitrogen and oxygen atoms in total. The zero-order valence-electron chi connectivity index (χ0n) is 16.7. The minimum atomic E-state index is -1.12. The third-order valence-electron chi connectivity index (χ3n) is 4.78. The number of carbonyl (C=O) groups is 3. The van der Waals surface area contributed by atoms with E-state index in [-0.39, 0.29) is 24.0 Å². The number of Topliss-reactive ketones (excluding diaryl/α,β-unsaturated/α-hetero) is 3. The Labute approximate surface area is 146 Å². The Balaban J connectivity index is 5.12. The zero-order valence-corrected chi connectivity index (χ0v) is 16.7. The van der Waals surface area contributed by atoms with Gasteiger partial charge in [-0.05, 0) is 40.5 Å². The van der Waals surface area contributed by atoms with Crippen molar-refractivity contribution >= 4 is 17.3 Å². The maximum atomic E-state index is 12.8. The van der Waals surface area contributed by atoms with Gasteiger partial charge >= 0.3 is 0 Å². The molecule has 0 aromatic rings. The maximum absolute atomic E-state index is 12.8. The first-order valence-electron chi connectivity index (χ1n) is 8.64. The van der Waals surface area contributed by atoms with E-state index in [9.17, 15) is 14.4 Å². The standard InChI is InChI=1S/C19H34O5/c1-10-18(8,14(4)20)24-13(3)16(22)19(9,11-2)23-12-15(21)17(5,6)7/h13H,10-12H2,1-9H3. The summed E-state index contributed by atoms with van der Waals surface area (Å²) in [6.07, 6.45) is 0.0972. The van der Waals surface area contributed by atoms with E-state index < -0.39 is 22.7 Å². The van der Waals surface area contributed by atoms with Gasteiger partial charge in [0, 0.05) is 5.41 Å². The Kier molecular flexibility index (Phi) is 7.97. The van der Waals surface area contributed by atoms with Gasteiger partial charge in [-0.15, -0.1) is 0 Å². The topological polar surface area (TPSA) is 69.7 Å². The van der Waals surface area contributed by atoms with Crippen molar-refractivity contribution in [3.05, 3.63) is 0 Å². The van der Waals surface area contributed by atoms with Gasteiger partial charge in [-0.1, -0.05) is 34.6 Å². The highest BCUT2D eigenvalue weighted by molar-refractivity contribution is 5.92. The average Bonchev–Trinajstić information content (AvgIpc) is 2.49. The SMILES string of the molecule is CCC(C)(OC(C)C(=O)C(C)(CC)OCC(=O)C(C)(C)C)C(C)=O. The zero-order chi connectivity index (χ0) is 19.3. The highest BCUT2D eigenvalue weighted by Gasteiger charge is 2.41. The fraction of sp³-hybridized carbons (Fsp3) is 0.842. The molecule has 0 amide bonds. The summed E-state index contributed by atoms with van der Waals surface area (Å²) in [7, 11) is 0. The summed E-state index contributed by atoms with van der Waals surface area (Å²) < 4.78 is 11.5. The normalized spacial score (nSPS) is 18.4. The van der Waals surface area contributed by atoms with Gasteiger partial charge in [0.1, 0.15) is 23.9 Å². The molecule has 0 aliphatic carbocycles. The van der Waals surface area contributed by atoms with Gasteiger partial charge in [-0.2, -0.15) is 0 Å². The predicted molar refractivity (Wildman–Crippen MR) is 94.0 cm³/mol. The Morgan fingerprint density at radius 1 is 0.917 bits per heavy atom. The molecule has 0 aromatic heterocycles. The lowest BCUT2D eigenvalue weighted by atomic mass is 9.90. The van der Waals surface area contributed by atoms with Gasteiger partial charge in [-0.25, -0.2) is 0 Å². The lowest BCUT2D eigenvalue weighted by Crippen LogP contribution is -2.49. The van der Waals surface area contributed by atoms with Crippen LogP contribution in [0.2, 0.25) is 0 Å². The van der Waals surface area contributed by atoms with E-state index in [2.05, 4.69) is 0 Å². The van der Waals surface area contributed by atoms with Crippen LogP contribution in [-0.4, -0.2) is 41.3 Å². The van der Waals surface area contributed by atoms with Crippen molar-refractivity contribution < 1.29 is 23.9 Å². The number of rotatable bonds is 10. The first-order chi connectivity index (χ1) is 10.7. The molecular formula is C19H34O5. The summed E-state index contributed by atoms with van der Waals surface area (Å²) in [6, 6.07) is 0. The highest BCUT2D eigenvalue weighted by Crippen LogP contribution is 2.26. The van der Waals surface area contributed by atoms with Gasteiger partial charge in [0.25, 0.3) is 0 Å². The van der Waals surface area contributed by atoms with Crippen LogP contribution in [-0.2, 0) is 23.9 Å². The largest absolute Gasteiger partial charge is 0.360 e. The van der Waals surface area contributed by atoms with Crippen LogP contribution in [0.5, 0.6) is 0 Å². The molecule has 3 atom stereocenters. The molecule has 3 unspecified atom stereocenters. The van der Waals surface area contributed by atoms with E-state index in [0.717, 1.165) is 0 Å². The average molecular weight is 342 g/mol. The summed E-state index contributed by atoms with van der Waals surface area (Å²) in [5.74, 6) is -0.440. The molecule has 0 saturated carbocycles. The molecule has 5 heteroatoms. The maximum Gasteiger partial charge on any atom is 0.192 e. The van der Waals surface area contributed by atoms with Gasteiger partial charge in [0.15, 0.2) is 17.3 Å². The van der Waals surface area contributed by atoms with E-state index in [4.69, 9.17) is 9.47 Å². The van der Waals surface area contributed by atoms with Crippen molar-refractivity contribution in [3.63, 3.8) is 0 Å². The first-order valence-corrected chi connectivity index (χ1v) is 8.64. The molecule has 0 spiro atoms. The third-order valence-corrected chi connectivity index (χ3v) is 4.78. The molecule has 0 aliphatic rings. The Morgan fingerprint density at radius 2 is 1.38 bits per heavy atom. The van der Waals surface area contributed by atoms with Crippen LogP contribution in [0.25, 0.3) is 0 Å². The van der Waals surface area contributed by atoms with Crippen molar-refractivity contribution in [2.45, 2.75) is 92.5 Å². The van der Waals surface area contributed by atoms with Crippen molar-refractivity contribution in [2.75, 3.05) is 6.61 Å². The molecule has 0 aliphatic heterocycles. The predicted octanol–water partition coefficient (Wildman–Crippen LogP) is 3.52. The second-order valence-corrected chi connectivity index (χ2v) is 7.81. The Bertz CT molecular complexity index is 477. The van der Waals surface area contributed by atoms with Crippen LogP contribution in [0.3, 0.4) is 0 Å². The second kappa shape index (κ2) is 8.34. The van der Waals surface area contributed by atoms with Gasteiger partial charge < -0.3 is 9.47 Å². The molecule has 0 aromatic carbocycles. The summed E-state index contributed by atoms with van der Waals surface area (Å²) in [4.78, 5) is 36.7. The van der Waals surface area contributed by atoms with Crippen molar-refractivity contribution in [1.29, 1.82) is 0 Å². The van der Waals surface area contributed by atoms with Crippen LogP contribution < -0.4 is 0 Å². The molecule has 140 valence electrons. The molecular weight excluding hydrogens is 308 g/mol. The molecule has 0 fully saturated rings. The quantitative estimate of drug-likeness (QED) is 0.607. The minimum absolute atomic E-state index is 0.0642. The second-order valence-electron chi connectivity index (χ2n) is 7.81. The van der Waals surface area contributed by atoms with E-state index >= 15 is 0 Å². The van der Waals surface area contributed by atoms with E-state index in [1.807, 2.05) is 34.6 Å². The van der Waals surface area contributed by atoms with Gasteiger partial charge in [-0.3, -0.25) is 14.4 Å². The molecule has 24 heavy (non-hydrogen) atoms. The van der Waals surface area contributed by atoms with Crippen molar-refractivity contribution in [3.8, 4) is 0 Å².